The second-order valence-electron chi connectivity index (χ2n) is 14.9. The van der Waals surface area contributed by atoms with Gasteiger partial charge in [0, 0.05) is 42.9 Å². The molecule has 7 amide bonds. The predicted molar refractivity (Wildman–Crippen MR) is 240 cm³/mol. The number of nitro benzene ring substituents is 1. The first-order valence-electron chi connectivity index (χ1n) is 21.8. The molecule has 6 N–H and O–H groups in total. The lowest BCUT2D eigenvalue weighted by Crippen LogP contribution is -2.54. The van der Waals surface area contributed by atoms with Gasteiger partial charge in [-0.15, -0.1) is 0 Å². The van der Waals surface area contributed by atoms with Gasteiger partial charge in [0.1, 0.15) is 24.4 Å². The maximum atomic E-state index is 13.5. The van der Waals surface area contributed by atoms with Crippen molar-refractivity contribution in [2.45, 2.75) is 51.8 Å². The van der Waals surface area contributed by atoms with Crippen molar-refractivity contribution in [2.24, 2.45) is 11.7 Å². The second-order valence-corrected chi connectivity index (χ2v) is 14.9. The minimum absolute atomic E-state index is 0.0353. The zero-order chi connectivity index (χ0) is 49.5. The van der Waals surface area contributed by atoms with E-state index in [2.05, 4.69) is 21.3 Å². The highest BCUT2D eigenvalue weighted by atomic mass is 16.7. The number of imide groups is 1. The minimum atomic E-state index is -1.07. The number of non-ortho nitro benzene ring substituents is 1. The van der Waals surface area contributed by atoms with Crippen LogP contribution in [0.5, 0.6) is 5.75 Å². The number of nitro groups is 1. The van der Waals surface area contributed by atoms with E-state index >= 15 is 0 Å². The smallest absolute Gasteiger partial charge is 0.429 e. The molecular weight excluding hydrogens is 899 g/mol. The van der Waals surface area contributed by atoms with Gasteiger partial charge in [0.2, 0.25) is 17.7 Å². The molecule has 2 aromatic rings. The average Bonchev–Trinajstić information content (AvgIpc) is 3.63. The summed E-state index contributed by atoms with van der Waals surface area (Å²) in [6.45, 7) is 7.27. The lowest BCUT2D eigenvalue weighted by molar-refractivity contribution is -0.384. The number of carbonyl (C=O) groups is 7. The Kier molecular flexibility index (Phi) is 26.4. The normalized spacial score (nSPS) is 13.0. The Balaban J connectivity index is 1.27. The van der Waals surface area contributed by atoms with E-state index in [1.54, 1.807) is 38.1 Å². The molecule has 0 radical (unpaired) electrons. The molecule has 24 nitrogen and oxygen atoms in total. The fourth-order valence-electron chi connectivity index (χ4n) is 5.82. The van der Waals surface area contributed by atoms with Gasteiger partial charge in [-0.3, -0.25) is 39.0 Å². The second kappa shape index (κ2) is 32.2. The van der Waals surface area contributed by atoms with E-state index in [4.69, 9.17) is 43.6 Å². The van der Waals surface area contributed by atoms with Gasteiger partial charge in [0.05, 0.1) is 90.8 Å². The van der Waals surface area contributed by atoms with E-state index in [1.807, 2.05) is 0 Å². The minimum Gasteiger partial charge on any atom is -0.429 e. The number of urea groups is 1. The summed E-state index contributed by atoms with van der Waals surface area (Å²) in [4.78, 5) is 97.3. The van der Waals surface area contributed by atoms with Crippen molar-refractivity contribution in [3.8, 4) is 5.75 Å². The Morgan fingerprint density at radius 1 is 0.706 bits per heavy atom. The number of anilines is 1. The molecule has 24 heteroatoms. The Morgan fingerprint density at radius 2 is 1.24 bits per heavy atom. The highest BCUT2D eigenvalue weighted by Gasteiger charge is 2.29. The summed E-state index contributed by atoms with van der Waals surface area (Å²) in [5, 5.41) is 21.4. The molecule has 2 atom stereocenters. The van der Waals surface area contributed by atoms with Crippen LogP contribution in [-0.2, 0) is 63.7 Å². The van der Waals surface area contributed by atoms with Gasteiger partial charge >= 0.3 is 12.2 Å². The number of amides is 7. The largest absolute Gasteiger partial charge is 0.514 e. The Morgan fingerprint density at radius 3 is 1.75 bits per heavy atom. The number of primary amides is 1. The monoisotopic (exact) mass is 959 g/mol. The molecule has 0 fully saturated rings. The molecule has 2 aromatic carbocycles. The van der Waals surface area contributed by atoms with Gasteiger partial charge in [-0.05, 0) is 48.6 Å². The molecule has 0 spiro atoms. The first-order valence-corrected chi connectivity index (χ1v) is 21.8. The van der Waals surface area contributed by atoms with Crippen LogP contribution >= 0.6 is 0 Å². The maximum Gasteiger partial charge on any atom is 0.514 e. The third-order valence-electron chi connectivity index (χ3n) is 9.39. The number of nitrogens with two attached hydrogens (primary N) is 1. The van der Waals surface area contributed by atoms with E-state index in [0.717, 1.165) is 4.90 Å². The number of carbonyl (C=O) groups excluding carboxylic acids is 7. The molecule has 1 unspecified atom stereocenters. The first kappa shape index (κ1) is 55.8. The van der Waals surface area contributed by atoms with E-state index in [1.165, 1.54) is 36.4 Å². The fraction of sp³-hybridized carbons (Fsp3) is 0.523. The number of ether oxygens (including phenoxy) is 8. The van der Waals surface area contributed by atoms with Crippen LogP contribution in [0.4, 0.5) is 21.0 Å². The summed E-state index contributed by atoms with van der Waals surface area (Å²) < 4.78 is 42.8. The van der Waals surface area contributed by atoms with Crippen LogP contribution in [0.25, 0.3) is 0 Å². The van der Waals surface area contributed by atoms with Gasteiger partial charge < -0.3 is 64.9 Å². The van der Waals surface area contributed by atoms with Gasteiger partial charge in [-0.2, -0.15) is 0 Å². The summed E-state index contributed by atoms with van der Waals surface area (Å²) in [6.07, 6.45) is 1.78. The summed E-state index contributed by atoms with van der Waals surface area (Å²) in [5.41, 5.74) is 5.91. The van der Waals surface area contributed by atoms with Crippen LogP contribution in [0, 0.1) is 16.0 Å². The SMILES string of the molecule is CC(C)[C@H](NC(=O)CCOCCOCCOCCOCCOCCOCCN1C(=O)C=CC1=O)C(=O)NC(CCCNC(N)=O)C(=O)Nc1ccc(COC(=O)Oc2ccc([N+](=O)[O-])cc2)cc1. The maximum absolute atomic E-state index is 13.5. The quantitative estimate of drug-likeness (QED) is 0.0164. The van der Waals surface area contributed by atoms with Crippen molar-refractivity contribution in [1.29, 1.82) is 0 Å². The van der Waals surface area contributed by atoms with Crippen molar-refractivity contribution >= 4 is 53.1 Å². The topological polar surface area (TPSA) is 314 Å². The van der Waals surface area contributed by atoms with Crippen LogP contribution in [0.2, 0.25) is 0 Å². The Hall–Kier alpha value is -6.57. The van der Waals surface area contributed by atoms with Gasteiger partial charge in [0.25, 0.3) is 17.5 Å². The van der Waals surface area contributed by atoms with Crippen molar-refractivity contribution < 1.29 is 76.4 Å². The van der Waals surface area contributed by atoms with E-state index in [0.29, 0.717) is 64.1 Å². The van der Waals surface area contributed by atoms with Crippen LogP contribution in [0.15, 0.2) is 60.7 Å². The molecule has 1 aliphatic heterocycles. The molecular formula is C44H61N7O17. The van der Waals surface area contributed by atoms with E-state index in [9.17, 15) is 43.7 Å². The van der Waals surface area contributed by atoms with Crippen molar-refractivity contribution in [3.05, 3.63) is 76.4 Å². The number of nitrogens with zero attached hydrogens (tertiary/aromatic N) is 2. The third-order valence-corrected chi connectivity index (χ3v) is 9.39. The number of nitrogens with one attached hydrogen (secondary N) is 4. The average molecular weight is 960 g/mol. The van der Waals surface area contributed by atoms with Gasteiger partial charge in [-0.25, -0.2) is 9.59 Å². The van der Waals surface area contributed by atoms with Crippen molar-refractivity contribution in [3.63, 3.8) is 0 Å². The van der Waals surface area contributed by atoms with Gasteiger partial charge in [-0.1, -0.05) is 26.0 Å². The number of rotatable bonds is 35. The van der Waals surface area contributed by atoms with E-state index < -0.39 is 46.9 Å². The highest BCUT2D eigenvalue weighted by Crippen LogP contribution is 2.18. The zero-order valence-corrected chi connectivity index (χ0v) is 38.1. The van der Waals surface area contributed by atoms with Crippen LogP contribution < -0.4 is 31.7 Å². The summed E-state index contributed by atoms with van der Waals surface area (Å²) in [6, 6.07) is 8.38. The molecule has 374 valence electrons. The lowest BCUT2D eigenvalue weighted by atomic mass is 10.0. The van der Waals surface area contributed by atoms with Gasteiger partial charge in [0.15, 0.2) is 0 Å². The number of hydrogen-bond donors (Lipinski definition) is 5. The van der Waals surface area contributed by atoms with Crippen LogP contribution in [0.3, 0.4) is 0 Å². The van der Waals surface area contributed by atoms with Crippen molar-refractivity contribution in [1.82, 2.24) is 20.9 Å². The molecule has 0 aromatic heterocycles. The van der Waals surface area contributed by atoms with Crippen LogP contribution in [-0.4, -0.2) is 156 Å². The van der Waals surface area contributed by atoms with E-state index in [-0.39, 0.29) is 94.6 Å². The van der Waals surface area contributed by atoms with Crippen molar-refractivity contribution in [2.75, 3.05) is 97.7 Å². The molecule has 68 heavy (non-hydrogen) atoms. The number of benzene rings is 2. The fourth-order valence-corrected chi connectivity index (χ4v) is 5.82. The standard InChI is InChI=1S/C44H61N7O17/c1-31(2)40(49-37(52)15-18-61-20-22-63-24-26-65-28-29-66-27-25-64-23-21-62-19-17-50-38(53)13-14-39(50)54)42(56)48-36(4-3-16-46-43(45)57)41(55)47-33-7-5-32(6-8-33)30-67-44(58)68-35-11-9-34(10-12-35)51(59)60/h5-14,31,36,40H,3-4,15-30H2,1-2H3,(H,47,55)(H,48,56)(H,49,52)(H3,45,46,57)/t36?,40-/m0/s1. The Labute approximate surface area is 392 Å². The summed E-state index contributed by atoms with van der Waals surface area (Å²) in [7, 11) is 0. The molecule has 3 rings (SSSR count). The first-order chi connectivity index (χ1) is 32.7. The van der Waals surface area contributed by atoms with Crippen LogP contribution in [0.1, 0.15) is 38.7 Å². The third kappa shape index (κ3) is 23.2. The molecule has 0 saturated carbocycles. The summed E-state index contributed by atoms with van der Waals surface area (Å²) >= 11 is 0. The summed E-state index contributed by atoms with van der Waals surface area (Å²) in [5.74, 6) is -2.58. The number of hydrogen-bond acceptors (Lipinski definition) is 17. The zero-order valence-electron chi connectivity index (χ0n) is 38.1. The molecule has 1 aliphatic rings. The highest BCUT2D eigenvalue weighted by molar-refractivity contribution is 6.12. The predicted octanol–water partition coefficient (Wildman–Crippen LogP) is 1.74. The molecule has 0 aliphatic carbocycles. The Bertz CT molecular complexity index is 1930. The molecule has 1 heterocycles. The molecule has 0 bridgehead atoms. The lowest BCUT2D eigenvalue weighted by Gasteiger charge is -2.25. The molecule has 0 saturated heterocycles.